The van der Waals surface area contributed by atoms with Crippen LogP contribution < -0.4 is 10.6 Å². The molecule has 1 aliphatic rings. The van der Waals surface area contributed by atoms with Crippen LogP contribution in [0.2, 0.25) is 0 Å². The van der Waals surface area contributed by atoms with Crippen molar-refractivity contribution < 1.29 is 12.9 Å². The summed E-state index contributed by atoms with van der Waals surface area (Å²) in [6.07, 6.45) is 0. The van der Waals surface area contributed by atoms with Gasteiger partial charge in [0.2, 0.25) is 10.0 Å². The summed E-state index contributed by atoms with van der Waals surface area (Å²) in [5, 5.41) is 10.4. The molecular weight excluding hydrogens is 416 g/mol. The SMILES string of the molecule is CN=C(NCc1cc(C(C)C)no1)NCc1ccccc1S(=O)(=O)N1CCN(C)CC1. The Morgan fingerprint density at radius 1 is 1.16 bits per heavy atom. The van der Waals surface area contributed by atoms with E-state index in [1.165, 1.54) is 0 Å². The minimum absolute atomic E-state index is 0.300. The fraction of sp³-hybridized carbons (Fsp3) is 0.524. The Kier molecular flexibility index (Phi) is 7.69. The monoisotopic (exact) mass is 448 g/mol. The number of guanidine groups is 1. The Hall–Kier alpha value is -2.43. The normalized spacial score (nSPS) is 16.6. The predicted octanol–water partition coefficient (Wildman–Crippen LogP) is 1.60. The predicted molar refractivity (Wildman–Crippen MR) is 120 cm³/mol. The first kappa shape index (κ1) is 23.2. The molecule has 0 radical (unpaired) electrons. The van der Waals surface area contributed by atoms with E-state index in [-0.39, 0.29) is 0 Å². The number of nitrogens with zero attached hydrogens (tertiary/aromatic N) is 4. The molecule has 10 heteroatoms. The van der Waals surface area contributed by atoms with Crippen molar-refractivity contribution in [2.24, 2.45) is 4.99 Å². The van der Waals surface area contributed by atoms with Crippen molar-refractivity contribution >= 4 is 16.0 Å². The highest BCUT2D eigenvalue weighted by atomic mass is 32.2. The molecule has 0 atom stereocenters. The van der Waals surface area contributed by atoms with Gasteiger partial charge in [-0.05, 0) is 24.6 Å². The fourth-order valence-corrected chi connectivity index (χ4v) is 4.97. The van der Waals surface area contributed by atoms with Crippen LogP contribution in [0.5, 0.6) is 0 Å². The van der Waals surface area contributed by atoms with E-state index in [1.807, 2.05) is 25.2 Å². The van der Waals surface area contributed by atoms with E-state index in [0.717, 1.165) is 18.8 Å². The molecule has 2 N–H and O–H groups in total. The number of rotatable bonds is 7. The maximum Gasteiger partial charge on any atom is 0.243 e. The van der Waals surface area contributed by atoms with E-state index >= 15 is 0 Å². The van der Waals surface area contributed by atoms with Crippen molar-refractivity contribution in [2.45, 2.75) is 37.8 Å². The molecule has 0 aliphatic carbocycles. The Labute approximate surface area is 184 Å². The van der Waals surface area contributed by atoms with Gasteiger partial charge in [-0.25, -0.2) is 8.42 Å². The number of hydrogen-bond donors (Lipinski definition) is 2. The van der Waals surface area contributed by atoms with Gasteiger partial charge in [-0.3, -0.25) is 4.99 Å². The molecule has 0 saturated carbocycles. The molecule has 1 aromatic heterocycles. The van der Waals surface area contributed by atoms with Crippen LogP contribution in [-0.2, 0) is 23.1 Å². The van der Waals surface area contributed by atoms with Gasteiger partial charge < -0.3 is 20.1 Å². The molecule has 170 valence electrons. The van der Waals surface area contributed by atoms with E-state index < -0.39 is 10.0 Å². The second kappa shape index (κ2) is 10.3. The molecule has 0 spiro atoms. The summed E-state index contributed by atoms with van der Waals surface area (Å²) >= 11 is 0. The second-order valence-electron chi connectivity index (χ2n) is 7.97. The lowest BCUT2D eigenvalue weighted by Gasteiger charge is -2.32. The molecule has 2 heterocycles. The maximum atomic E-state index is 13.2. The number of hydrogen-bond acceptors (Lipinski definition) is 6. The molecule has 0 bridgehead atoms. The lowest BCUT2D eigenvalue weighted by Crippen LogP contribution is -2.47. The molecule has 1 aromatic carbocycles. The maximum absolute atomic E-state index is 13.2. The molecule has 0 amide bonds. The number of aromatic nitrogens is 1. The van der Waals surface area contributed by atoms with Crippen molar-refractivity contribution in [1.29, 1.82) is 0 Å². The summed E-state index contributed by atoms with van der Waals surface area (Å²) in [5.74, 6) is 1.56. The van der Waals surface area contributed by atoms with Crippen molar-refractivity contribution in [1.82, 2.24) is 25.0 Å². The van der Waals surface area contributed by atoms with Gasteiger partial charge in [-0.2, -0.15) is 4.31 Å². The average molecular weight is 449 g/mol. The topological polar surface area (TPSA) is 103 Å². The molecule has 3 rings (SSSR count). The van der Waals surface area contributed by atoms with Gasteiger partial charge in [-0.15, -0.1) is 0 Å². The van der Waals surface area contributed by atoms with Crippen LogP contribution in [0, 0.1) is 0 Å². The zero-order chi connectivity index (χ0) is 22.4. The lowest BCUT2D eigenvalue weighted by molar-refractivity contribution is 0.222. The lowest BCUT2D eigenvalue weighted by atomic mass is 10.1. The molecule has 1 saturated heterocycles. The first-order valence-electron chi connectivity index (χ1n) is 10.5. The number of sulfonamides is 1. The number of nitrogens with one attached hydrogen (secondary N) is 2. The molecule has 0 unspecified atom stereocenters. The van der Waals surface area contributed by atoms with E-state index in [1.54, 1.807) is 23.5 Å². The van der Waals surface area contributed by atoms with Crippen molar-refractivity contribution in [3.05, 3.63) is 47.3 Å². The van der Waals surface area contributed by atoms with Crippen LogP contribution in [-0.4, -0.2) is 69.0 Å². The number of benzene rings is 1. The van der Waals surface area contributed by atoms with E-state index in [2.05, 4.69) is 39.5 Å². The van der Waals surface area contributed by atoms with E-state index in [9.17, 15) is 8.42 Å². The molecule has 9 nitrogen and oxygen atoms in total. The molecule has 31 heavy (non-hydrogen) atoms. The third-order valence-corrected chi connectivity index (χ3v) is 7.32. The standard InChI is InChI=1S/C21H32N6O3S/c1-16(2)19-13-18(30-25-19)15-24-21(22-3)23-14-17-7-5-6-8-20(17)31(28,29)27-11-9-26(4)10-12-27/h5-8,13,16H,9-12,14-15H2,1-4H3,(H2,22,23,24). The molecule has 2 aromatic rings. The Balaban J connectivity index is 1.64. The van der Waals surface area contributed by atoms with Gasteiger partial charge in [0.25, 0.3) is 0 Å². The highest BCUT2D eigenvalue weighted by Gasteiger charge is 2.29. The summed E-state index contributed by atoms with van der Waals surface area (Å²) in [7, 11) is 0.123. The quantitative estimate of drug-likeness (QED) is 0.490. The summed E-state index contributed by atoms with van der Waals surface area (Å²) in [4.78, 5) is 6.68. The van der Waals surface area contributed by atoms with Crippen LogP contribution >= 0.6 is 0 Å². The number of likely N-dealkylation sites (N-methyl/N-ethyl adjacent to an activating group) is 1. The zero-order valence-electron chi connectivity index (χ0n) is 18.6. The second-order valence-corrected chi connectivity index (χ2v) is 9.87. The molecular formula is C21H32N6O3S. The van der Waals surface area contributed by atoms with E-state index in [0.29, 0.717) is 54.3 Å². The first-order valence-corrected chi connectivity index (χ1v) is 11.9. The molecule has 1 fully saturated rings. The van der Waals surface area contributed by atoms with Crippen LogP contribution in [0.25, 0.3) is 0 Å². The number of piperazine rings is 1. The molecule has 1 aliphatic heterocycles. The minimum atomic E-state index is -3.55. The summed E-state index contributed by atoms with van der Waals surface area (Å²) in [5.41, 5.74) is 1.61. The van der Waals surface area contributed by atoms with Gasteiger partial charge in [0.1, 0.15) is 0 Å². The minimum Gasteiger partial charge on any atom is -0.359 e. The summed E-state index contributed by atoms with van der Waals surface area (Å²) in [6, 6.07) is 9.02. The van der Waals surface area contributed by atoms with Crippen LogP contribution in [0.4, 0.5) is 0 Å². The Morgan fingerprint density at radius 3 is 2.48 bits per heavy atom. The van der Waals surface area contributed by atoms with Crippen molar-refractivity contribution in [2.75, 3.05) is 40.3 Å². The third kappa shape index (κ3) is 5.84. The highest BCUT2D eigenvalue weighted by molar-refractivity contribution is 7.89. The highest BCUT2D eigenvalue weighted by Crippen LogP contribution is 2.21. The zero-order valence-corrected chi connectivity index (χ0v) is 19.4. The smallest absolute Gasteiger partial charge is 0.243 e. The Bertz CT molecular complexity index is 994. The fourth-order valence-electron chi connectivity index (χ4n) is 3.32. The summed E-state index contributed by atoms with van der Waals surface area (Å²) < 4.78 is 33.3. The van der Waals surface area contributed by atoms with Crippen molar-refractivity contribution in [3.63, 3.8) is 0 Å². The van der Waals surface area contributed by atoms with Crippen LogP contribution in [0.15, 0.2) is 44.7 Å². The van der Waals surface area contributed by atoms with Gasteiger partial charge in [0.05, 0.1) is 17.1 Å². The largest absolute Gasteiger partial charge is 0.359 e. The first-order chi connectivity index (χ1) is 14.8. The van der Waals surface area contributed by atoms with Gasteiger partial charge in [0.15, 0.2) is 11.7 Å². The van der Waals surface area contributed by atoms with Gasteiger partial charge >= 0.3 is 0 Å². The number of aliphatic imine (C=N–C) groups is 1. The summed E-state index contributed by atoms with van der Waals surface area (Å²) in [6.45, 7) is 7.34. The van der Waals surface area contributed by atoms with Gasteiger partial charge in [0, 0.05) is 45.8 Å². The third-order valence-electron chi connectivity index (χ3n) is 5.32. The van der Waals surface area contributed by atoms with Crippen molar-refractivity contribution in [3.8, 4) is 0 Å². The van der Waals surface area contributed by atoms with Crippen LogP contribution in [0.1, 0.15) is 36.8 Å². The van der Waals surface area contributed by atoms with E-state index in [4.69, 9.17) is 4.52 Å². The van der Waals surface area contributed by atoms with Crippen LogP contribution in [0.3, 0.4) is 0 Å². The Morgan fingerprint density at radius 2 is 1.84 bits per heavy atom. The van der Waals surface area contributed by atoms with Gasteiger partial charge in [-0.1, -0.05) is 37.2 Å². The average Bonchev–Trinajstić information content (AvgIpc) is 3.24.